The Morgan fingerprint density at radius 3 is 2.59 bits per heavy atom. The molecule has 1 amide bonds. The van der Waals surface area contributed by atoms with E-state index in [9.17, 15) is 4.79 Å². The van der Waals surface area contributed by atoms with Crippen LogP contribution in [0.3, 0.4) is 0 Å². The molecule has 1 aliphatic carbocycles. The van der Waals surface area contributed by atoms with E-state index >= 15 is 0 Å². The second kappa shape index (κ2) is 8.39. The Labute approximate surface area is 162 Å². The van der Waals surface area contributed by atoms with Crippen molar-refractivity contribution in [3.8, 4) is 10.8 Å². The van der Waals surface area contributed by atoms with Crippen molar-refractivity contribution in [1.29, 1.82) is 0 Å². The van der Waals surface area contributed by atoms with Crippen LogP contribution < -0.4 is 5.32 Å². The summed E-state index contributed by atoms with van der Waals surface area (Å²) in [4.78, 5) is 25.7. The van der Waals surface area contributed by atoms with Crippen molar-refractivity contribution in [1.82, 2.24) is 20.3 Å². The molecule has 0 aliphatic heterocycles. The van der Waals surface area contributed by atoms with Crippen molar-refractivity contribution in [2.75, 3.05) is 0 Å². The molecule has 1 atom stereocenters. The van der Waals surface area contributed by atoms with Crippen molar-refractivity contribution in [3.63, 3.8) is 0 Å². The van der Waals surface area contributed by atoms with E-state index in [4.69, 9.17) is 0 Å². The van der Waals surface area contributed by atoms with Crippen LogP contribution in [0, 0.1) is 5.92 Å². The van der Waals surface area contributed by atoms with E-state index in [0.717, 1.165) is 10.7 Å². The average Bonchev–Trinajstić information content (AvgIpc) is 3.40. The van der Waals surface area contributed by atoms with Crippen LogP contribution in [-0.2, 0) is 11.2 Å². The summed E-state index contributed by atoms with van der Waals surface area (Å²) < 4.78 is 0. The number of rotatable bonds is 6. The average molecular weight is 379 g/mol. The van der Waals surface area contributed by atoms with E-state index in [-0.39, 0.29) is 18.4 Å². The zero-order chi connectivity index (χ0) is 18.5. The van der Waals surface area contributed by atoms with Gasteiger partial charge in [0.2, 0.25) is 5.91 Å². The Bertz CT molecular complexity index is 875. The summed E-state index contributed by atoms with van der Waals surface area (Å²) in [5.41, 5.74) is 1.95. The zero-order valence-electron chi connectivity index (χ0n) is 15.0. The van der Waals surface area contributed by atoms with Gasteiger partial charge in [-0.05, 0) is 30.4 Å². The maximum atomic E-state index is 12.7. The smallest absolute Gasteiger partial charge is 0.226 e. The second-order valence-electron chi connectivity index (χ2n) is 6.89. The first-order chi connectivity index (χ1) is 13.3. The zero-order valence-corrected chi connectivity index (χ0v) is 15.9. The molecule has 1 aliphatic rings. The first-order valence-electron chi connectivity index (χ1n) is 9.36. The van der Waals surface area contributed by atoms with E-state index in [2.05, 4.69) is 32.4 Å². The topological polar surface area (TPSA) is 67.8 Å². The van der Waals surface area contributed by atoms with Gasteiger partial charge in [0.05, 0.1) is 18.2 Å². The summed E-state index contributed by atoms with van der Waals surface area (Å²) in [5.74, 6) is 1.13. The van der Waals surface area contributed by atoms with Gasteiger partial charge in [0.1, 0.15) is 0 Å². The molecule has 2 heterocycles. The van der Waals surface area contributed by atoms with Gasteiger partial charge < -0.3 is 5.32 Å². The molecule has 2 aromatic heterocycles. The van der Waals surface area contributed by atoms with Crippen LogP contribution in [0.1, 0.15) is 43.0 Å². The van der Waals surface area contributed by atoms with Crippen molar-refractivity contribution in [2.45, 2.75) is 38.1 Å². The number of hydrogen-bond donors (Lipinski definition) is 1. The SMILES string of the molecule is O=C(Cc1csc(-c2ncccn2)n1)N[C@H](c1ccccc1)C1CCCC1. The van der Waals surface area contributed by atoms with E-state index in [1.165, 1.54) is 42.6 Å². The lowest BCUT2D eigenvalue weighted by Crippen LogP contribution is -2.33. The maximum absolute atomic E-state index is 12.7. The molecule has 6 heteroatoms. The monoisotopic (exact) mass is 378 g/mol. The van der Waals surface area contributed by atoms with Gasteiger partial charge in [-0.2, -0.15) is 0 Å². The van der Waals surface area contributed by atoms with Crippen LogP contribution in [0.5, 0.6) is 0 Å². The highest BCUT2D eigenvalue weighted by Gasteiger charge is 2.27. The van der Waals surface area contributed by atoms with Gasteiger partial charge in [-0.3, -0.25) is 4.79 Å². The van der Waals surface area contributed by atoms with Gasteiger partial charge in [0, 0.05) is 17.8 Å². The summed E-state index contributed by atoms with van der Waals surface area (Å²) in [5, 5.41) is 5.93. The summed E-state index contributed by atoms with van der Waals surface area (Å²) >= 11 is 1.47. The van der Waals surface area contributed by atoms with Crippen molar-refractivity contribution < 1.29 is 4.79 Å². The van der Waals surface area contributed by atoms with Gasteiger partial charge in [0.15, 0.2) is 10.8 Å². The summed E-state index contributed by atoms with van der Waals surface area (Å²) in [7, 11) is 0. The standard InChI is InChI=1S/C21H22N4OS/c26-18(13-17-14-27-21(24-17)20-22-11-6-12-23-20)25-19(16-9-4-5-10-16)15-7-2-1-3-8-15/h1-3,6-8,11-12,14,16,19H,4-5,9-10,13H2,(H,25,26)/t19-/m1/s1. The molecule has 138 valence electrons. The molecule has 4 rings (SSSR count). The number of carbonyl (C=O) groups excluding carboxylic acids is 1. The molecule has 0 radical (unpaired) electrons. The fourth-order valence-corrected chi connectivity index (χ4v) is 4.48. The lowest BCUT2D eigenvalue weighted by molar-refractivity contribution is -0.121. The van der Waals surface area contributed by atoms with E-state index in [0.29, 0.717) is 11.7 Å². The highest BCUT2D eigenvalue weighted by molar-refractivity contribution is 7.13. The van der Waals surface area contributed by atoms with Crippen LogP contribution in [-0.4, -0.2) is 20.9 Å². The Kier molecular flexibility index (Phi) is 5.53. The molecule has 27 heavy (non-hydrogen) atoms. The predicted octanol–water partition coefficient (Wildman–Crippen LogP) is 4.19. The maximum Gasteiger partial charge on any atom is 0.226 e. The molecule has 0 unspecified atom stereocenters. The molecule has 3 aromatic rings. The molecule has 1 fully saturated rings. The van der Waals surface area contributed by atoms with Crippen LogP contribution in [0.25, 0.3) is 10.8 Å². The summed E-state index contributed by atoms with van der Waals surface area (Å²) in [6, 6.07) is 12.2. The first-order valence-corrected chi connectivity index (χ1v) is 10.2. The number of nitrogens with one attached hydrogen (secondary N) is 1. The summed E-state index contributed by atoms with van der Waals surface area (Å²) in [6.45, 7) is 0. The van der Waals surface area contributed by atoms with Crippen LogP contribution in [0.2, 0.25) is 0 Å². The molecule has 1 saturated carbocycles. The van der Waals surface area contributed by atoms with Gasteiger partial charge in [-0.25, -0.2) is 15.0 Å². The minimum Gasteiger partial charge on any atom is -0.349 e. The normalized spacial score (nSPS) is 15.6. The van der Waals surface area contributed by atoms with Crippen molar-refractivity contribution in [2.24, 2.45) is 5.92 Å². The molecule has 1 N–H and O–H groups in total. The quantitative estimate of drug-likeness (QED) is 0.698. The molecular weight excluding hydrogens is 356 g/mol. The molecular formula is C21H22N4OS. The second-order valence-corrected chi connectivity index (χ2v) is 7.75. The number of thiazole rings is 1. The Hall–Kier alpha value is -2.60. The Balaban J connectivity index is 1.45. The van der Waals surface area contributed by atoms with Gasteiger partial charge in [-0.15, -0.1) is 11.3 Å². The predicted molar refractivity (Wildman–Crippen MR) is 106 cm³/mol. The van der Waals surface area contributed by atoms with Crippen LogP contribution in [0.4, 0.5) is 0 Å². The lowest BCUT2D eigenvalue weighted by atomic mass is 9.91. The van der Waals surface area contributed by atoms with E-state index < -0.39 is 0 Å². The van der Waals surface area contributed by atoms with Crippen molar-refractivity contribution in [3.05, 3.63) is 65.4 Å². The number of hydrogen-bond acceptors (Lipinski definition) is 5. The van der Waals surface area contributed by atoms with Gasteiger partial charge in [-0.1, -0.05) is 43.2 Å². The minimum absolute atomic E-state index is 0.0154. The third kappa shape index (κ3) is 4.39. The number of aromatic nitrogens is 3. The van der Waals surface area contributed by atoms with Gasteiger partial charge >= 0.3 is 0 Å². The highest BCUT2D eigenvalue weighted by Crippen LogP contribution is 2.35. The number of benzene rings is 1. The number of carbonyl (C=O) groups is 1. The molecule has 0 saturated heterocycles. The van der Waals surface area contributed by atoms with Gasteiger partial charge in [0.25, 0.3) is 0 Å². The molecule has 5 nitrogen and oxygen atoms in total. The summed E-state index contributed by atoms with van der Waals surface area (Å²) in [6.07, 6.45) is 8.51. The molecule has 0 spiro atoms. The number of nitrogens with zero attached hydrogens (tertiary/aromatic N) is 3. The largest absolute Gasteiger partial charge is 0.349 e. The lowest BCUT2D eigenvalue weighted by Gasteiger charge is -2.25. The fourth-order valence-electron chi connectivity index (χ4n) is 3.71. The third-order valence-corrected chi connectivity index (χ3v) is 5.88. The molecule has 0 bridgehead atoms. The Morgan fingerprint density at radius 1 is 1.11 bits per heavy atom. The van der Waals surface area contributed by atoms with Crippen LogP contribution in [0.15, 0.2) is 54.2 Å². The number of amides is 1. The fraction of sp³-hybridized carbons (Fsp3) is 0.333. The van der Waals surface area contributed by atoms with Crippen LogP contribution >= 0.6 is 11.3 Å². The van der Waals surface area contributed by atoms with E-state index in [1.54, 1.807) is 18.5 Å². The molecule has 1 aromatic carbocycles. The van der Waals surface area contributed by atoms with Crippen molar-refractivity contribution >= 4 is 17.2 Å². The third-order valence-electron chi connectivity index (χ3n) is 5.00. The Morgan fingerprint density at radius 2 is 1.85 bits per heavy atom. The first kappa shape index (κ1) is 17.8. The highest BCUT2D eigenvalue weighted by atomic mass is 32.1. The van der Waals surface area contributed by atoms with E-state index in [1.807, 2.05) is 23.6 Å². The minimum atomic E-state index is 0.0154.